The van der Waals surface area contributed by atoms with Gasteiger partial charge in [0.05, 0.1) is 17.0 Å². The first-order chi connectivity index (χ1) is 16.5. The highest BCUT2D eigenvalue weighted by Gasteiger charge is 2.27. The van der Waals surface area contributed by atoms with Gasteiger partial charge in [-0.1, -0.05) is 19.1 Å². The van der Waals surface area contributed by atoms with E-state index in [0.29, 0.717) is 18.0 Å². The monoisotopic (exact) mass is 474 g/mol. The fraction of sp³-hybridized carbons (Fsp3) is 0.296. The summed E-state index contributed by atoms with van der Waals surface area (Å²) in [5.41, 5.74) is 6.44. The van der Waals surface area contributed by atoms with Crippen molar-refractivity contribution in [3.63, 3.8) is 0 Å². The van der Waals surface area contributed by atoms with Crippen LogP contribution in [0.1, 0.15) is 47.1 Å². The maximum atomic E-state index is 13.2. The number of nitrogens with zero attached hydrogens (tertiary/aromatic N) is 3. The lowest BCUT2D eigenvalue weighted by Crippen LogP contribution is -2.23. The van der Waals surface area contributed by atoms with Gasteiger partial charge in [-0.2, -0.15) is 0 Å². The second kappa shape index (κ2) is 9.50. The number of halogens is 1. The highest BCUT2D eigenvalue weighted by atomic mass is 32.1. The first-order valence-corrected chi connectivity index (χ1v) is 12.5. The summed E-state index contributed by atoms with van der Waals surface area (Å²) in [7, 11) is 0. The zero-order chi connectivity index (χ0) is 23.7. The van der Waals surface area contributed by atoms with Gasteiger partial charge in [0.25, 0.3) is 5.91 Å². The van der Waals surface area contributed by atoms with Crippen molar-refractivity contribution >= 4 is 17.2 Å². The Bertz CT molecular complexity index is 1320. The van der Waals surface area contributed by atoms with Crippen LogP contribution in [0.2, 0.25) is 0 Å². The van der Waals surface area contributed by atoms with Crippen molar-refractivity contribution in [2.45, 2.75) is 46.2 Å². The SMILES string of the molecule is CCc1cc(-c2nc(-c3cc(C(=O)NCc4ccc(F)cc4)c(C)n3CC3CC3)cs2)ccn1. The summed E-state index contributed by atoms with van der Waals surface area (Å²) in [5.74, 6) is 0.244. The molecular weight excluding hydrogens is 447 g/mol. The number of thiazole rings is 1. The first-order valence-electron chi connectivity index (χ1n) is 11.7. The maximum Gasteiger partial charge on any atom is 0.253 e. The molecule has 4 aromatic rings. The average molecular weight is 475 g/mol. The van der Waals surface area contributed by atoms with E-state index < -0.39 is 0 Å². The Hall–Kier alpha value is -3.32. The third-order valence-electron chi connectivity index (χ3n) is 6.31. The fourth-order valence-corrected chi connectivity index (χ4v) is 4.90. The lowest BCUT2D eigenvalue weighted by Gasteiger charge is -2.10. The summed E-state index contributed by atoms with van der Waals surface area (Å²) in [6.45, 7) is 5.34. The zero-order valence-electron chi connectivity index (χ0n) is 19.3. The van der Waals surface area contributed by atoms with Gasteiger partial charge >= 0.3 is 0 Å². The van der Waals surface area contributed by atoms with Gasteiger partial charge in [0, 0.05) is 41.6 Å². The number of carbonyl (C=O) groups is 1. The van der Waals surface area contributed by atoms with Gasteiger partial charge < -0.3 is 9.88 Å². The van der Waals surface area contributed by atoms with Gasteiger partial charge in [-0.25, -0.2) is 9.37 Å². The molecule has 1 saturated carbocycles. The van der Waals surface area contributed by atoms with Crippen molar-refractivity contribution < 1.29 is 9.18 Å². The predicted molar refractivity (Wildman–Crippen MR) is 133 cm³/mol. The van der Waals surface area contributed by atoms with Crippen LogP contribution < -0.4 is 5.32 Å². The third kappa shape index (κ3) is 4.80. The first kappa shape index (κ1) is 22.5. The molecule has 3 heterocycles. The van der Waals surface area contributed by atoms with E-state index in [1.807, 2.05) is 25.3 Å². The molecule has 34 heavy (non-hydrogen) atoms. The Morgan fingerprint density at radius 2 is 2.00 bits per heavy atom. The molecule has 0 spiro atoms. The number of amides is 1. The molecule has 1 aliphatic carbocycles. The van der Waals surface area contributed by atoms with Crippen LogP contribution in [0.15, 0.2) is 54.0 Å². The van der Waals surface area contributed by atoms with Gasteiger partial charge in [0.1, 0.15) is 10.8 Å². The van der Waals surface area contributed by atoms with E-state index >= 15 is 0 Å². The second-order valence-corrected chi connectivity index (χ2v) is 9.68. The molecule has 3 aromatic heterocycles. The van der Waals surface area contributed by atoms with E-state index in [1.165, 1.54) is 25.0 Å². The summed E-state index contributed by atoms with van der Waals surface area (Å²) in [5, 5.41) is 6.00. The van der Waals surface area contributed by atoms with Crippen LogP contribution in [0.3, 0.4) is 0 Å². The molecule has 0 bridgehead atoms. The van der Waals surface area contributed by atoms with Gasteiger partial charge in [-0.3, -0.25) is 9.78 Å². The highest BCUT2D eigenvalue weighted by Crippen LogP contribution is 2.36. The van der Waals surface area contributed by atoms with Crippen LogP contribution in [-0.4, -0.2) is 20.4 Å². The van der Waals surface area contributed by atoms with E-state index in [1.54, 1.807) is 23.5 Å². The number of benzene rings is 1. The minimum absolute atomic E-state index is 0.130. The van der Waals surface area contributed by atoms with Crippen LogP contribution in [0.4, 0.5) is 4.39 Å². The molecule has 0 unspecified atom stereocenters. The normalized spacial score (nSPS) is 13.3. The smallest absolute Gasteiger partial charge is 0.253 e. The molecule has 7 heteroatoms. The van der Waals surface area contributed by atoms with Gasteiger partial charge in [-0.15, -0.1) is 11.3 Å². The van der Waals surface area contributed by atoms with Crippen molar-refractivity contribution in [2.24, 2.45) is 5.92 Å². The largest absolute Gasteiger partial charge is 0.348 e. The van der Waals surface area contributed by atoms with Gasteiger partial charge in [0.2, 0.25) is 0 Å². The molecule has 1 fully saturated rings. The Labute approximate surface area is 202 Å². The van der Waals surface area contributed by atoms with Gasteiger partial charge in [-0.05, 0) is 68.0 Å². The lowest BCUT2D eigenvalue weighted by molar-refractivity contribution is 0.0950. The van der Waals surface area contributed by atoms with Crippen molar-refractivity contribution in [2.75, 3.05) is 0 Å². The molecule has 5 rings (SSSR count). The number of pyridine rings is 1. The summed E-state index contributed by atoms with van der Waals surface area (Å²) in [6, 6.07) is 12.2. The second-order valence-electron chi connectivity index (χ2n) is 8.82. The number of aromatic nitrogens is 3. The van der Waals surface area contributed by atoms with E-state index in [-0.39, 0.29) is 11.7 Å². The Morgan fingerprint density at radius 1 is 1.21 bits per heavy atom. The van der Waals surface area contributed by atoms with Crippen LogP contribution >= 0.6 is 11.3 Å². The van der Waals surface area contributed by atoms with Crippen LogP contribution in [0.25, 0.3) is 22.0 Å². The standard InChI is InChI=1S/C27H27FN4OS/c1-3-22-12-20(10-11-29-22)27-31-24(16-34-27)25-13-23(17(2)32(25)15-19-4-5-19)26(33)30-14-18-6-8-21(28)9-7-18/h6-13,16,19H,3-5,14-15H2,1-2H3,(H,30,33). The molecular formula is C27H27FN4OS. The summed E-state index contributed by atoms with van der Waals surface area (Å²) < 4.78 is 15.4. The Kier molecular flexibility index (Phi) is 6.28. The average Bonchev–Trinajstić information content (AvgIpc) is 3.44. The predicted octanol–water partition coefficient (Wildman–Crippen LogP) is 6.02. The topological polar surface area (TPSA) is 59.8 Å². The van der Waals surface area contributed by atoms with E-state index in [4.69, 9.17) is 4.98 Å². The number of nitrogens with one attached hydrogen (secondary N) is 1. The molecule has 0 radical (unpaired) electrons. The maximum absolute atomic E-state index is 13.2. The summed E-state index contributed by atoms with van der Waals surface area (Å²) in [6.07, 6.45) is 5.16. The summed E-state index contributed by atoms with van der Waals surface area (Å²) >= 11 is 1.61. The van der Waals surface area contributed by atoms with Gasteiger partial charge in [0.15, 0.2) is 0 Å². The Morgan fingerprint density at radius 3 is 2.74 bits per heavy atom. The molecule has 174 valence electrons. The number of hydrogen-bond donors (Lipinski definition) is 1. The minimum atomic E-state index is -0.284. The zero-order valence-corrected chi connectivity index (χ0v) is 20.2. The molecule has 1 amide bonds. The van der Waals surface area contributed by atoms with Crippen LogP contribution in [0, 0.1) is 18.7 Å². The van der Waals surface area contributed by atoms with Crippen molar-refractivity contribution in [1.82, 2.24) is 19.9 Å². The fourth-order valence-electron chi connectivity index (χ4n) is 4.09. The number of carbonyl (C=O) groups excluding carboxylic acids is 1. The number of aryl methyl sites for hydroxylation is 1. The lowest BCUT2D eigenvalue weighted by atomic mass is 10.2. The molecule has 0 aliphatic heterocycles. The van der Waals surface area contributed by atoms with E-state index in [2.05, 4.69) is 33.2 Å². The molecule has 5 nitrogen and oxygen atoms in total. The minimum Gasteiger partial charge on any atom is -0.348 e. The molecule has 1 N–H and O–H groups in total. The van der Waals surface area contributed by atoms with Crippen LogP contribution in [0.5, 0.6) is 0 Å². The highest BCUT2D eigenvalue weighted by molar-refractivity contribution is 7.13. The quantitative estimate of drug-likeness (QED) is 0.340. The van der Waals surface area contributed by atoms with E-state index in [0.717, 1.165) is 51.9 Å². The molecule has 0 atom stereocenters. The number of rotatable bonds is 8. The third-order valence-corrected chi connectivity index (χ3v) is 7.20. The van der Waals surface area contributed by atoms with Crippen molar-refractivity contribution in [3.05, 3.63) is 82.4 Å². The number of hydrogen-bond acceptors (Lipinski definition) is 4. The Balaban J connectivity index is 1.43. The van der Waals surface area contributed by atoms with Crippen LogP contribution in [-0.2, 0) is 19.5 Å². The molecule has 1 aliphatic rings. The molecule has 1 aromatic carbocycles. The van der Waals surface area contributed by atoms with Crippen molar-refractivity contribution in [1.29, 1.82) is 0 Å². The summed E-state index contributed by atoms with van der Waals surface area (Å²) in [4.78, 5) is 22.4. The molecule has 0 saturated heterocycles. The van der Waals surface area contributed by atoms with Crippen molar-refractivity contribution in [3.8, 4) is 22.0 Å². The van der Waals surface area contributed by atoms with E-state index in [9.17, 15) is 9.18 Å².